The highest BCUT2D eigenvalue weighted by molar-refractivity contribution is 5.77. The van der Waals surface area contributed by atoms with Gasteiger partial charge in [-0.3, -0.25) is 4.79 Å². The van der Waals surface area contributed by atoms with Gasteiger partial charge in [-0.05, 0) is 63.9 Å². The molecule has 0 aliphatic heterocycles. The minimum Gasteiger partial charge on any atom is -0.507 e. The van der Waals surface area contributed by atoms with E-state index in [0.717, 1.165) is 6.07 Å². The molecule has 0 saturated carbocycles. The minimum atomic E-state index is -5.09. The van der Waals surface area contributed by atoms with E-state index in [1.807, 2.05) is 0 Å². The van der Waals surface area contributed by atoms with Crippen molar-refractivity contribution in [2.75, 3.05) is 6.61 Å². The van der Waals surface area contributed by atoms with Gasteiger partial charge in [-0.15, -0.1) is 0 Å². The van der Waals surface area contributed by atoms with Gasteiger partial charge >= 0.3 is 18.2 Å². The quantitative estimate of drug-likeness (QED) is 0.385. The summed E-state index contributed by atoms with van der Waals surface area (Å²) in [5.74, 6) is -2.83. The molecule has 2 N–H and O–H groups in total. The predicted molar refractivity (Wildman–Crippen MR) is 117 cm³/mol. The molecule has 0 aliphatic rings. The molecule has 1 amide bonds. The molecular weight excluding hydrogens is 458 g/mol. The number of amides is 1. The van der Waals surface area contributed by atoms with Crippen molar-refractivity contribution >= 4 is 12.1 Å². The summed E-state index contributed by atoms with van der Waals surface area (Å²) in [4.78, 5) is 24.5. The third-order valence-corrected chi connectivity index (χ3v) is 4.69. The fourth-order valence-electron chi connectivity index (χ4n) is 3.35. The Morgan fingerprint density at radius 1 is 1.15 bits per heavy atom. The maximum absolute atomic E-state index is 15.2. The number of phenols is 1. The molecule has 0 aromatic heterocycles. The number of rotatable bonds is 6. The van der Waals surface area contributed by atoms with E-state index in [-0.39, 0.29) is 23.5 Å². The Balaban J connectivity index is 2.72. The van der Waals surface area contributed by atoms with Gasteiger partial charge in [-0.25, -0.2) is 9.18 Å². The molecule has 2 aromatic carbocycles. The third-order valence-electron chi connectivity index (χ3n) is 4.69. The summed E-state index contributed by atoms with van der Waals surface area (Å²) in [5, 5.41) is 12.6. The zero-order valence-electron chi connectivity index (χ0n) is 19.5. The standard InChI is InChI=1S/C24H27F4NO5/c1-6-33-19(31)12-17(29-22(32)34-23(3,4)5)15-10-14(11-16(21(15)25)24(26,27)28)20-13(2)8-7-9-18(20)30/h7-11,17,30H,6,12H2,1-5H3,(H,29,32)/t17-/m0/s1. The van der Waals surface area contributed by atoms with E-state index < -0.39 is 53.2 Å². The molecule has 0 fully saturated rings. The first kappa shape index (κ1) is 26.9. The van der Waals surface area contributed by atoms with Crippen LogP contribution in [0.15, 0.2) is 30.3 Å². The molecule has 0 saturated heterocycles. The lowest BCUT2D eigenvalue weighted by Gasteiger charge is -2.25. The summed E-state index contributed by atoms with van der Waals surface area (Å²) < 4.78 is 66.5. The minimum absolute atomic E-state index is 0.0224. The highest BCUT2D eigenvalue weighted by Crippen LogP contribution is 2.41. The number of hydrogen-bond acceptors (Lipinski definition) is 5. The van der Waals surface area contributed by atoms with Crippen LogP contribution in [0.25, 0.3) is 11.1 Å². The SMILES string of the molecule is CCOC(=O)C[C@H](NC(=O)OC(C)(C)C)c1cc(-c2c(C)cccc2O)cc(C(F)(F)F)c1F. The van der Waals surface area contributed by atoms with E-state index in [0.29, 0.717) is 11.6 Å². The maximum atomic E-state index is 15.2. The van der Waals surface area contributed by atoms with Gasteiger partial charge in [0.1, 0.15) is 17.2 Å². The number of aryl methyl sites for hydroxylation is 1. The number of carbonyl (C=O) groups is 2. The Morgan fingerprint density at radius 2 is 1.79 bits per heavy atom. The predicted octanol–water partition coefficient (Wildman–Crippen LogP) is 6.04. The van der Waals surface area contributed by atoms with Gasteiger partial charge in [-0.1, -0.05) is 12.1 Å². The molecular formula is C24H27F4NO5. The lowest BCUT2D eigenvalue weighted by atomic mass is 9.91. The van der Waals surface area contributed by atoms with Crippen molar-refractivity contribution in [1.82, 2.24) is 5.32 Å². The number of carbonyl (C=O) groups excluding carboxylic acids is 2. The second-order valence-corrected chi connectivity index (χ2v) is 8.60. The number of phenolic OH excluding ortho intramolecular Hbond substituents is 1. The molecule has 10 heteroatoms. The van der Waals surface area contributed by atoms with Gasteiger partial charge in [0.25, 0.3) is 0 Å². The van der Waals surface area contributed by atoms with E-state index in [1.54, 1.807) is 33.8 Å². The normalized spacial score (nSPS) is 12.7. The second kappa shape index (κ2) is 10.3. The topological polar surface area (TPSA) is 84.9 Å². The van der Waals surface area contributed by atoms with Gasteiger partial charge in [0.2, 0.25) is 0 Å². The van der Waals surface area contributed by atoms with Gasteiger partial charge in [0.15, 0.2) is 0 Å². The van der Waals surface area contributed by atoms with Crippen molar-refractivity contribution < 1.29 is 41.7 Å². The monoisotopic (exact) mass is 485 g/mol. The van der Waals surface area contributed by atoms with Crippen LogP contribution in [0, 0.1) is 12.7 Å². The number of alkyl carbamates (subject to hydrolysis) is 1. The van der Waals surface area contributed by atoms with Crippen LogP contribution in [-0.4, -0.2) is 29.4 Å². The Kier molecular flexibility index (Phi) is 8.18. The highest BCUT2D eigenvalue weighted by atomic mass is 19.4. The summed E-state index contributed by atoms with van der Waals surface area (Å²) in [7, 11) is 0. The number of benzene rings is 2. The van der Waals surface area contributed by atoms with Gasteiger partial charge < -0.3 is 19.9 Å². The van der Waals surface area contributed by atoms with Gasteiger partial charge in [-0.2, -0.15) is 13.2 Å². The average molecular weight is 485 g/mol. The summed E-state index contributed by atoms with van der Waals surface area (Å²) in [6.45, 7) is 7.77. The van der Waals surface area contributed by atoms with Gasteiger partial charge in [0, 0.05) is 11.1 Å². The Morgan fingerprint density at radius 3 is 2.32 bits per heavy atom. The van der Waals surface area contributed by atoms with Crippen LogP contribution in [-0.2, 0) is 20.4 Å². The van der Waals surface area contributed by atoms with Crippen LogP contribution in [0.5, 0.6) is 5.75 Å². The first-order valence-corrected chi connectivity index (χ1v) is 10.5. The lowest BCUT2D eigenvalue weighted by molar-refractivity contribution is -0.143. The van der Waals surface area contributed by atoms with Crippen LogP contribution in [0.1, 0.15) is 56.8 Å². The highest BCUT2D eigenvalue weighted by Gasteiger charge is 2.38. The van der Waals surface area contributed by atoms with Crippen LogP contribution in [0.2, 0.25) is 0 Å². The van der Waals surface area contributed by atoms with Crippen LogP contribution in [0.3, 0.4) is 0 Å². The number of alkyl halides is 3. The molecule has 6 nitrogen and oxygen atoms in total. The number of esters is 1. The number of hydrogen-bond donors (Lipinski definition) is 2. The van der Waals surface area contributed by atoms with E-state index in [4.69, 9.17) is 9.47 Å². The average Bonchev–Trinajstić information content (AvgIpc) is 2.66. The largest absolute Gasteiger partial charge is 0.507 e. The Labute approximate surface area is 194 Å². The van der Waals surface area contributed by atoms with Crippen molar-refractivity contribution in [3.8, 4) is 16.9 Å². The van der Waals surface area contributed by atoms with Crippen LogP contribution < -0.4 is 5.32 Å². The van der Waals surface area contributed by atoms with Crippen molar-refractivity contribution in [3.63, 3.8) is 0 Å². The molecule has 186 valence electrons. The van der Waals surface area contributed by atoms with Crippen LogP contribution >= 0.6 is 0 Å². The van der Waals surface area contributed by atoms with E-state index in [9.17, 15) is 27.9 Å². The number of aromatic hydroxyl groups is 1. The number of ether oxygens (including phenoxy) is 2. The maximum Gasteiger partial charge on any atom is 0.419 e. The lowest BCUT2D eigenvalue weighted by Crippen LogP contribution is -2.36. The summed E-state index contributed by atoms with van der Waals surface area (Å²) in [5.41, 5.74) is -2.81. The first-order chi connectivity index (χ1) is 15.6. The number of nitrogens with one attached hydrogen (secondary N) is 1. The third kappa shape index (κ3) is 6.85. The fraction of sp³-hybridized carbons (Fsp3) is 0.417. The first-order valence-electron chi connectivity index (χ1n) is 10.5. The molecule has 0 heterocycles. The van der Waals surface area contributed by atoms with E-state index in [2.05, 4.69) is 5.32 Å². The zero-order chi connectivity index (χ0) is 25.8. The molecule has 2 aromatic rings. The number of halogens is 4. The Bertz CT molecular complexity index is 1040. The van der Waals surface area contributed by atoms with E-state index in [1.165, 1.54) is 19.1 Å². The molecule has 0 bridgehead atoms. The summed E-state index contributed by atoms with van der Waals surface area (Å²) in [6.07, 6.45) is -6.79. The molecule has 0 spiro atoms. The van der Waals surface area contributed by atoms with Crippen molar-refractivity contribution in [2.45, 2.75) is 58.9 Å². The Hall–Kier alpha value is -3.30. The van der Waals surface area contributed by atoms with Gasteiger partial charge in [0.05, 0.1) is 24.6 Å². The summed E-state index contributed by atoms with van der Waals surface area (Å²) in [6, 6.07) is 4.47. The molecule has 0 unspecified atom stereocenters. The van der Waals surface area contributed by atoms with Crippen LogP contribution in [0.4, 0.5) is 22.4 Å². The van der Waals surface area contributed by atoms with Crippen molar-refractivity contribution in [2.24, 2.45) is 0 Å². The molecule has 0 aliphatic carbocycles. The zero-order valence-corrected chi connectivity index (χ0v) is 19.5. The molecule has 2 rings (SSSR count). The molecule has 0 radical (unpaired) electrons. The van der Waals surface area contributed by atoms with E-state index >= 15 is 4.39 Å². The second-order valence-electron chi connectivity index (χ2n) is 8.60. The summed E-state index contributed by atoms with van der Waals surface area (Å²) >= 11 is 0. The smallest absolute Gasteiger partial charge is 0.419 e. The fourth-order valence-corrected chi connectivity index (χ4v) is 3.35. The van der Waals surface area contributed by atoms with Crippen molar-refractivity contribution in [3.05, 3.63) is 52.8 Å². The molecule has 34 heavy (non-hydrogen) atoms. The van der Waals surface area contributed by atoms with Crippen molar-refractivity contribution in [1.29, 1.82) is 0 Å². The molecule has 1 atom stereocenters.